The maximum atomic E-state index is 13.3. The Bertz CT molecular complexity index is 1290. The van der Waals surface area contributed by atoms with Crippen molar-refractivity contribution in [1.82, 2.24) is 15.0 Å². The molecule has 0 radical (unpaired) electrons. The molecule has 1 amide bonds. The van der Waals surface area contributed by atoms with Crippen molar-refractivity contribution >= 4 is 5.91 Å². The minimum absolute atomic E-state index is 0.0996. The highest BCUT2D eigenvalue weighted by Crippen LogP contribution is 2.27. The van der Waals surface area contributed by atoms with Crippen molar-refractivity contribution in [2.45, 2.75) is 32.6 Å². The maximum Gasteiger partial charge on any atom is 0.228 e. The molecule has 4 aromatic rings. The van der Waals surface area contributed by atoms with Crippen molar-refractivity contribution in [3.63, 3.8) is 0 Å². The van der Waals surface area contributed by atoms with Gasteiger partial charge in [0.1, 0.15) is 0 Å². The first-order valence-corrected chi connectivity index (χ1v) is 12.5. The molecular weight excluding hydrogens is 466 g/mol. The van der Waals surface area contributed by atoms with Crippen molar-refractivity contribution in [3.05, 3.63) is 95.4 Å². The fourth-order valence-corrected chi connectivity index (χ4v) is 4.12. The third kappa shape index (κ3) is 7.19. The first-order valence-electron chi connectivity index (χ1n) is 12.5. The summed E-state index contributed by atoms with van der Waals surface area (Å²) in [6.45, 7) is 3.11. The Morgan fingerprint density at radius 3 is 2.30 bits per heavy atom. The molecule has 0 N–H and O–H groups in total. The summed E-state index contributed by atoms with van der Waals surface area (Å²) in [6.07, 6.45) is 2.32. The summed E-state index contributed by atoms with van der Waals surface area (Å²) in [5.74, 6) is 2.53. The third-order valence-electron chi connectivity index (χ3n) is 6.31. The van der Waals surface area contributed by atoms with Crippen molar-refractivity contribution in [3.8, 4) is 22.9 Å². The number of aromatic nitrogens is 2. The van der Waals surface area contributed by atoms with Crippen LogP contribution in [0, 0.1) is 6.92 Å². The summed E-state index contributed by atoms with van der Waals surface area (Å²) in [7, 11) is 3.24. The maximum absolute atomic E-state index is 13.3. The second-order valence-corrected chi connectivity index (χ2v) is 8.93. The Morgan fingerprint density at radius 2 is 1.57 bits per heavy atom. The van der Waals surface area contributed by atoms with Crippen LogP contribution in [0.3, 0.4) is 0 Å². The number of carbonyl (C=O) groups is 1. The average molecular weight is 500 g/mol. The molecule has 1 heterocycles. The number of aryl methyl sites for hydroxylation is 2. The highest BCUT2D eigenvalue weighted by atomic mass is 16.5. The lowest BCUT2D eigenvalue weighted by molar-refractivity contribution is -0.131. The van der Waals surface area contributed by atoms with Crippen molar-refractivity contribution in [2.24, 2.45) is 0 Å². The Hall–Kier alpha value is -4.13. The fraction of sp³-hybridized carbons (Fsp3) is 0.300. The van der Waals surface area contributed by atoms with Crippen LogP contribution in [0.25, 0.3) is 11.4 Å². The molecule has 0 atom stereocenters. The van der Waals surface area contributed by atoms with E-state index in [0.29, 0.717) is 62.0 Å². The highest BCUT2D eigenvalue weighted by Gasteiger charge is 2.17. The summed E-state index contributed by atoms with van der Waals surface area (Å²) in [4.78, 5) is 19.7. The standard InChI is InChI=1S/C30H33N3O4/c1-22-9-13-25(14-10-22)30-31-28(37-32-30)18-20-33(29(34)16-12-23-7-5-4-6-8-23)19-17-24-11-15-26(35-2)27(21-24)36-3/h4-11,13-15,21H,12,16-20H2,1-3H3. The van der Waals surface area contributed by atoms with Crippen molar-refractivity contribution < 1.29 is 18.8 Å². The molecule has 3 aromatic carbocycles. The monoisotopic (exact) mass is 499 g/mol. The van der Waals surface area contributed by atoms with Crippen LogP contribution in [-0.2, 0) is 24.1 Å². The van der Waals surface area contributed by atoms with Crippen LogP contribution >= 0.6 is 0 Å². The largest absolute Gasteiger partial charge is 0.493 e. The average Bonchev–Trinajstić information content (AvgIpc) is 3.41. The summed E-state index contributed by atoms with van der Waals surface area (Å²) in [5, 5.41) is 4.13. The van der Waals surface area contributed by atoms with Gasteiger partial charge in [0.15, 0.2) is 11.5 Å². The third-order valence-corrected chi connectivity index (χ3v) is 6.31. The normalized spacial score (nSPS) is 10.8. The van der Waals surface area contributed by atoms with E-state index in [2.05, 4.69) is 10.1 Å². The van der Waals surface area contributed by atoms with Crippen LogP contribution in [0.4, 0.5) is 0 Å². The topological polar surface area (TPSA) is 77.7 Å². The molecule has 7 heteroatoms. The number of amides is 1. The number of hydrogen-bond acceptors (Lipinski definition) is 6. The lowest BCUT2D eigenvalue weighted by Crippen LogP contribution is -2.35. The molecule has 0 aliphatic rings. The van der Waals surface area contributed by atoms with Crippen LogP contribution < -0.4 is 9.47 Å². The van der Waals surface area contributed by atoms with Crippen LogP contribution in [0.5, 0.6) is 11.5 Å². The Kier molecular flexibility index (Phi) is 8.92. The van der Waals surface area contributed by atoms with E-state index in [9.17, 15) is 4.79 Å². The van der Waals surface area contributed by atoms with Crippen molar-refractivity contribution in [1.29, 1.82) is 0 Å². The zero-order valence-corrected chi connectivity index (χ0v) is 21.6. The van der Waals surface area contributed by atoms with Gasteiger partial charge in [-0.05, 0) is 43.0 Å². The van der Waals surface area contributed by atoms with E-state index < -0.39 is 0 Å². The van der Waals surface area contributed by atoms with E-state index >= 15 is 0 Å². The van der Waals surface area contributed by atoms with Gasteiger partial charge in [-0.3, -0.25) is 4.79 Å². The molecule has 0 saturated carbocycles. The van der Waals surface area contributed by atoms with Gasteiger partial charge < -0.3 is 18.9 Å². The van der Waals surface area contributed by atoms with Gasteiger partial charge in [-0.1, -0.05) is 71.4 Å². The Morgan fingerprint density at radius 1 is 0.838 bits per heavy atom. The summed E-state index contributed by atoms with van der Waals surface area (Å²) >= 11 is 0. The molecule has 1 aromatic heterocycles. The number of benzene rings is 3. The smallest absolute Gasteiger partial charge is 0.228 e. The molecule has 192 valence electrons. The van der Waals surface area contributed by atoms with E-state index in [0.717, 1.165) is 16.7 Å². The zero-order chi connectivity index (χ0) is 26.0. The van der Waals surface area contributed by atoms with Crippen LogP contribution in [-0.4, -0.2) is 48.3 Å². The zero-order valence-electron chi connectivity index (χ0n) is 21.6. The quantitative estimate of drug-likeness (QED) is 0.263. The number of rotatable bonds is 12. The Labute approximate surface area is 218 Å². The molecule has 0 saturated heterocycles. The van der Waals surface area contributed by atoms with Crippen LogP contribution in [0.15, 0.2) is 77.3 Å². The van der Waals surface area contributed by atoms with Gasteiger partial charge >= 0.3 is 0 Å². The Balaban J connectivity index is 1.42. The predicted octanol–water partition coefficient (Wildman–Crippen LogP) is 5.31. The molecule has 0 aliphatic carbocycles. The first kappa shape index (κ1) is 25.9. The number of hydrogen-bond donors (Lipinski definition) is 0. The van der Waals surface area contributed by atoms with Gasteiger partial charge in [0.05, 0.1) is 14.2 Å². The van der Waals surface area contributed by atoms with Crippen LogP contribution in [0.1, 0.15) is 29.0 Å². The predicted molar refractivity (Wildman–Crippen MR) is 143 cm³/mol. The number of nitrogens with zero attached hydrogens (tertiary/aromatic N) is 3. The van der Waals surface area contributed by atoms with Crippen LogP contribution in [0.2, 0.25) is 0 Å². The molecule has 0 fully saturated rings. The molecule has 0 spiro atoms. The summed E-state index contributed by atoms with van der Waals surface area (Å²) in [5.41, 5.74) is 4.30. The number of methoxy groups -OCH3 is 2. The fourth-order valence-electron chi connectivity index (χ4n) is 4.12. The van der Waals surface area contributed by atoms with Gasteiger partial charge in [-0.2, -0.15) is 4.98 Å². The summed E-state index contributed by atoms with van der Waals surface area (Å²) in [6, 6.07) is 23.9. The lowest BCUT2D eigenvalue weighted by Gasteiger charge is -2.22. The molecular formula is C30H33N3O4. The van der Waals surface area contributed by atoms with Gasteiger partial charge in [0, 0.05) is 31.5 Å². The van der Waals surface area contributed by atoms with E-state index in [1.54, 1.807) is 14.2 Å². The number of ether oxygens (including phenoxy) is 2. The van der Waals surface area contributed by atoms with Crippen molar-refractivity contribution in [2.75, 3.05) is 27.3 Å². The SMILES string of the molecule is COc1ccc(CCN(CCc2nc(-c3ccc(C)cc3)no2)C(=O)CCc2ccccc2)cc1OC. The van der Waals surface area contributed by atoms with E-state index in [1.165, 1.54) is 5.56 Å². The molecule has 0 bridgehead atoms. The van der Waals surface area contributed by atoms with Gasteiger partial charge in [0.25, 0.3) is 0 Å². The molecule has 0 unspecified atom stereocenters. The lowest BCUT2D eigenvalue weighted by atomic mass is 10.1. The highest BCUT2D eigenvalue weighted by molar-refractivity contribution is 5.76. The second-order valence-electron chi connectivity index (χ2n) is 8.93. The minimum Gasteiger partial charge on any atom is -0.493 e. The molecule has 0 aliphatic heterocycles. The summed E-state index contributed by atoms with van der Waals surface area (Å²) < 4.78 is 16.3. The molecule has 7 nitrogen and oxygen atoms in total. The minimum atomic E-state index is 0.0996. The van der Waals surface area contributed by atoms with Gasteiger partial charge in [0.2, 0.25) is 17.6 Å². The molecule has 4 rings (SSSR count). The molecule has 37 heavy (non-hydrogen) atoms. The number of carbonyl (C=O) groups excluding carboxylic acids is 1. The van der Waals surface area contributed by atoms with Gasteiger partial charge in [-0.15, -0.1) is 0 Å². The van der Waals surface area contributed by atoms with Gasteiger partial charge in [-0.25, -0.2) is 0 Å². The van der Waals surface area contributed by atoms with E-state index in [4.69, 9.17) is 14.0 Å². The van der Waals surface area contributed by atoms with E-state index in [-0.39, 0.29) is 5.91 Å². The second kappa shape index (κ2) is 12.7. The first-order chi connectivity index (χ1) is 18.1. The van der Waals surface area contributed by atoms with E-state index in [1.807, 2.05) is 84.6 Å².